The van der Waals surface area contributed by atoms with Gasteiger partial charge in [-0.3, -0.25) is 4.57 Å². The van der Waals surface area contributed by atoms with Gasteiger partial charge in [-0.1, -0.05) is 139 Å². The molecule has 0 aliphatic carbocycles. The highest BCUT2D eigenvalue weighted by atomic mass is 15.1. The summed E-state index contributed by atoms with van der Waals surface area (Å²) < 4.78 is 2.25. The number of hydrogen-bond donors (Lipinski definition) is 1. The van der Waals surface area contributed by atoms with Crippen molar-refractivity contribution >= 4 is 27.6 Å². The summed E-state index contributed by atoms with van der Waals surface area (Å²) in [6.07, 6.45) is 0. The molecule has 3 heterocycles. The van der Waals surface area contributed by atoms with Crippen LogP contribution >= 0.6 is 0 Å². The number of benzene rings is 5. The quantitative estimate of drug-likeness (QED) is 0.196. The lowest BCUT2D eigenvalue weighted by molar-refractivity contribution is 0.590. The minimum absolute atomic E-state index is 0.00629. The molecule has 8 aromatic rings. The molecule has 2 N–H and O–H groups in total. The van der Waals surface area contributed by atoms with E-state index in [2.05, 4.69) is 101 Å². The predicted octanol–water partition coefficient (Wildman–Crippen LogP) is 11.2. The Hall–Kier alpha value is -6.14. The van der Waals surface area contributed by atoms with E-state index in [4.69, 9.17) is 25.7 Å². The van der Waals surface area contributed by atoms with Gasteiger partial charge in [0.25, 0.3) is 0 Å². The second-order valence-corrected chi connectivity index (χ2v) is 15.5. The topological polar surface area (TPSA) is 82.5 Å². The SMILES string of the molecule is CC(C)(C)c1ccc2c(c1)c1cc(C(C)(C)C)ccc1n2-c1cc(-c2ccccc2-c2nc(-c3ccccc3)nc(-c3ccccc3)n2)cc(N)n1. The first-order valence-electron chi connectivity index (χ1n) is 17.8. The first-order valence-corrected chi connectivity index (χ1v) is 17.8. The smallest absolute Gasteiger partial charge is 0.164 e. The third kappa shape index (κ3) is 6.11. The van der Waals surface area contributed by atoms with Crippen molar-refractivity contribution in [2.24, 2.45) is 0 Å². The van der Waals surface area contributed by atoms with Crippen LogP contribution in [0.5, 0.6) is 0 Å². The van der Waals surface area contributed by atoms with E-state index in [0.717, 1.165) is 44.7 Å². The van der Waals surface area contributed by atoms with E-state index in [-0.39, 0.29) is 10.8 Å². The molecule has 0 bridgehead atoms. The molecule has 5 aromatic carbocycles. The Morgan fingerprint density at radius 2 is 0.904 bits per heavy atom. The van der Waals surface area contributed by atoms with E-state index in [1.54, 1.807) is 0 Å². The van der Waals surface area contributed by atoms with Gasteiger partial charge in [-0.2, -0.15) is 0 Å². The molecule has 8 rings (SSSR count). The highest BCUT2D eigenvalue weighted by Crippen LogP contribution is 2.39. The van der Waals surface area contributed by atoms with Gasteiger partial charge < -0.3 is 5.73 Å². The van der Waals surface area contributed by atoms with Gasteiger partial charge in [-0.05, 0) is 69.5 Å². The second kappa shape index (κ2) is 12.6. The fourth-order valence-corrected chi connectivity index (χ4v) is 6.87. The summed E-state index contributed by atoms with van der Waals surface area (Å²) in [6.45, 7) is 13.6. The van der Waals surface area contributed by atoms with Crippen LogP contribution in [0, 0.1) is 0 Å². The number of anilines is 1. The fourth-order valence-electron chi connectivity index (χ4n) is 6.87. The third-order valence-electron chi connectivity index (χ3n) is 9.74. The summed E-state index contributed by atoms with van der Waals surface area (Å²) >= 11 is 0. The average molecular weight is 679 g/mol. The zero-order chi connectivity index (χ0) is 36.2. The van der Waals surface area contributed by atoms with Crippen LogP contribution in [0.25, 0.3) is 72.9 Å². The van der Waals surface area contributed by atoms with Crippen molar-refractivity contribution in [1.82, 2.24) is 24.5 Å². The van der Waals surface area contributed by atoms with Crippen LogP contribution in [0.4, 0.5) is 5.82 Å². The number of pyridine rings is 1. The van der Waals surface area contributed by atoms with Crippen molar-refractivity contribution in [2.75, 3.05) is 5.73 Å². The average Bonchev–Trinajstić information content (AvgIpc) is 3.48. The van der Waals surface area contributed by atoms with Gasteiger partial charge in [0.2, 0.25) is 0 Å². The molecule has 0 aliphatic heterocycles. The van der Waals surface area contributed by atoms with Crippen LogP contribution in [0.1, 0.15) is 52.7 Å². The Balaban J connectivity index is 1.34. The first kappa shape index (κ1) is 33.0. The Bertz CT molecular complexity index is 2460. The molecule has 0 spiro atoms. The van der Waals surface area contributed by atoms with Crippen molar-refractivity contribution in [3.8, 4) is 51.1 Å². The first-order chi connectivity index (χ1) is 24.9. The number of aromatic nitrogens is 5. The Kier molecular flexibility index (Phi) is 7.98. The van der Waals surface area contributed by atoms with Gasteiger partial charge >= 0.3 is 0 Å². The van der Waals surface area contributed by atoms with E-state index < -0.39 is 0 Å². The highest BCUT2D eigenvalue weighted by Gasteiger charge is 2.22. The van der Waals surface area contributed by atoms with Crippen molar-refractivity contribution in [3.05, 3.63) is 145 Å². The lowest BCUT2D eigenvalue weighted by atomic mass is 9.85. The Morgan fingerprint density at radius 1 is 0.442 bits per heavy atom. The Labute approximate surface area is 305 Å². The lowest BCUT2D eigenvalue weighted by Crippen LogP contribution is -2.10. The van der Waals surface area contributed by atoms with Crippen molar-refractivity contribution in [1.29, 1.82) is 0 Å². The molecular weight excluding hydrogens is 637 g/mol. The number of nitrogen functional groups attached to an aromatic ring is 1. The van der Waals surface area contributed by atoms with Crippen LogP contribution in [-0.2, 0) is 10.8 Å². The molecular formula is C46H42N6. The summed E-state index contributed by atoms with van der Waals surface area (Å²) in [5, 5.41) is 2.40. The van der Waals surface area contributed by atoms with Gasteiger partial charge in [0.15, 0.2) is 17.5 Å². The molecule has 52 heavy (non-hydrogen) atoms. The van der Waals surface area contributed by atoms with E-state index >= 15 is 0 Å². The Morgan fingerprint density at radius 3 is 1.40 bits per heavy atom. The van der Waals surface area contributed by atoms with Crippen LogP contribution in [0.15, 0.2) is 133 Å². The van der Waals surface area contributed by atoms with Crippen LogP contribution in [0.2, 0.25) is 0 Å². The number of nitrogens with zero attached hydrogens (tertiary/aromatic N) is 5. The normalized spacial score (nSPS) is 12.1. The fraction of sp³-hybridized carbons (Fsp3) is 0.174. The van der Waals surface area contributed by atoms with Crippen molar-refractivity contribution < 1.29 is 0 Å². The maximum atomic E-state index is 6.68. The van der Waals surface area contributed by atoms with Crippen LogP contribution in [-0.4, -0.2) is 24.5 Å². The standard InChI is InChI=1S/C46H42N6/c1-45(2,3)32-21-23-38-36(27-32)37-28-33(46(4,5)6)22-24-39(37)52(38)41-26-31(25-40(47)48-41)34-19-13-14-20-35(34)44-50-42(29-15-9-7-10-16-29)49-43(51-44)30-17-11-8-12-18-30/h7-28H,1-6H3,(H2,47,48). The maximum absolute atomic E-state index is 6.68. The molecule has 0 atom stereocenters. The molecule has 0 amide bonds. The largest absolute Gasteiger partial charge is 0.384 e. The molecule has 0 fully saturated rings. The summed E-state index contributed by atoms with van der Waals surface area (Å²) in [4.78, 5) is 20.0. The van der Waals surface area contributed by atoms with Crippen LogP contribution in [0.3, 0.4) is 0 Å². The van der Waals surface area contributed by atoms with Crippen molar-refractivity contribution in [3.63, 3.8) is 0 Å². The summed E-state index contributed by atoms with van der Waals surface area (Å²) in [5.41, 5.74) is 16.0. The summed E-state index contributed by atoms with van der Waals surface area (Å²) in [6, 6.07) is 46.0. The van der Waals surface area contributed by atoms with Crippen LogP contribution < -0.4 is 5.73 Å². The zero-order valence-electron chi connectivity index (χ0n) is 30.5. The molecule has 0 unspecified atom stereocenters. The predicted molar refractivity (Wildman–Crippen MR) is 216 cm³/mol. The molecule has 6 nitrogen and oxygen atoms in total. The molecule has 0 radical (unpaired) electrons. The van der Waals surface area contributed by atoms with Gasteiger partial charge in [-0.15, -0.1) is 0 Å². The van der Waals surface area contributed by atoms with E-state index in [9.17, 15) is 0 Å². The lowest BCUT2D eigenvalue weighted by Gasteiger charge is -2.19. The molecule has 3 aromatic heterocycles. The van der Waals surface area contributed by atoms with E-state index in [0.29, 0.717) is 23.3 Å². The number of fused-ring (bicyclic) bond motifs is 3. The zero-order valence-corrected chi connectivity index (χ0v) is 30.5. The molecule has 0 aliphatic rings. The van der Waals surface area contributed by atoms with E-state index in [1.165, 1.54) is 21.9 Å². The van der Waals surface area contributed by atoms with E-state index in [1.807, 2.05) is 78.9 Å². The monoisotopic (exact) mass is 678 g/mol. The second-order valence-electron chi connectivity index (χ2n) is 15.5. The molecule has 6 heteroatoms. The van der Waals surface area contributed by atoms with Gasteiger partial charge in [0.05, 0.1) is 11.0 Å². The van der Waals surface area contributed by atoms with Gasteiger partial charge in [-0.25, -0.2) is 19.9 Å². The molecule has 256 valence electrons. The van der Waals surface area contributed by atoms with Crippen molar-refractivity contribution in [2.45, 2.75) is 52.4 Å². The minimum Gasteiger partial charge on any atom is -0.384 e. The molecule has 0 saturated carbocycles. The highest BCUT2D eigenvalue weighted by molar-refractivity contribution is 6.10. The summed E-state index contributed by atoms with van der Waals surface area (Å²) in [5.74, 6) is 3.00. The van der Waals surface area contributed by atoms with Gasteiger partial charge in [0, 0.05) is 27.5 Å². The third-order valence-corrected chi connectivity index (χ3v) is 9.74. The van der Waals surface area contributed by atoms with Gasteiger partial charge in [0.1, 0.15) is 11.6 Å². The summed E-state index contributed by atoms with van der Waals surface area (Å²) in [7, 11) is 0. The number of nitrogens with two attached hydrogens (primary N) is 1. The molecule has 0 saturated heterocycles. The minimum atomic E-state index is 0.00629. The maximum Gasteiger partial charge on any atom is 0.164 e. The number of rotatable bonds is 5. The number of hydrogen-bond acceptors (Lipinski definition) is 5.